The van der Waals surface area contributed by atoms with Crippen molar-refractivity contribution in [2.24, 2.45) is 0 Å². The van der Waals surface area contributed by atoms with Crippen LogP contribution in [0.15, 0.2) is 42.5 Å². The first-order valence-electron chi connectivity index (χ1n) is 10.2. The molecule has 2 aliphatic heterocycles. The topological polar surface area (TPSA) is 87.7 Å². The average Bonchev–Trinajstić information content (AvgIpc) is 3.11. The van der Waals surface area contributed by atoms with Gasteiger partial charge >= 0.3 is 0 Å². The largest absolute Gasteiger partial charge is 0.381 e. The molecule has 0 aliphatic carbocycles. The lowest BCUT2D eigenvalue weighted by Gasteiger charge is -2.44. The highest BCUT2D eigenvalue weighted by atomic mass is 35.5. The monoisotopic (exact) mass is 441 g/mol. The van der Waals surface area contributed by atoms with Gasteiger partial charge in [0.05, 0.1) is 22.5 Å². The lowest BCUT2D eigenvalue weighted by atomic mass is 9.84. The first-order valence-corrected chi connectivity index (χ1v) is 10.6. The van der Waals surface area contributed by atoms with Crippen LogP contribution in [0.5, 0.6) is 0 Å². The molecular weight excluding hydrogens is 418 g/mol. The van der Waals surface area contributed by atoms with E-state index in [1.807, 2.05) is 29.2 Å². The number of amides is 3. The van der Waals surface area contributed by atoms with Crippen LogP contribution in [0.25, 0.3) is 0 Å². The van der Waals surface area contributed by atoms with Gasteiger partial charge in [0.2, 0.25) is 5.91 Å². The van der Waals surface area contributed by atoms with E-state index in [2.05, 4.69) is 10.6 Å². The van der Waals surface area contributed by atoms with Crippen LogP contribution < -0.4 is 10.6 Å². The van der Waals surface area contributed by atoms with Crippen molar-refractivity contribution in [3.63, 3.8) is 0 Å². The predicted molar refractivity (Wildman–Crippen MR) is 117 cm³/mol. The van der Waals surface area contributed by atoms with Crippen LogP contribution in [0.4, 0.5) is 5.69 Å². The van der Waals surface area contributed by atoms with E-state index in [1.165, 1.54) is 7.05 Å². The van der Waals surface area contributed by atoms with E-state index < -0.39 is 5.54 Å². The van der Waals surface area contributed by atoms with Gasteiger partial charge in [0.1, 0.15) is 0 Å². The number of rotatable bonds is 5. The van der Waals surface area contributed by atoms with Crippen molar-refractivity contribution in [1.82, 2.24) is 10.2 Å². The minimum Gasteiger partial charge on any atom is -0.381 e. The summed E-state index contributed by atoms with van der Waals surface area (Å²) in [5.41, 5.74) is 1.91. The van der Waals surface area contributed by atoms with Gasteiger partial charge in [-0.05, 0) is 42.7 Å². The summed E-state index contributed by atoms with van der Waals surface area (Å²) in [6, 6.07) is 12.3. The van der Waals surface area contributed by atoms with Crippen molar-refractivity contribution in [1.29, 1.82) is 0 Å². The fraction of sp³-hybridized carbons (Fsp3) is 0.348. The Kier molecular flexibility index (Phi) is 5.98. The van der Waals surface area contributed by atoms with Gasteiger partial charge in [-0.1, -0.05) is 29.8 Å². The third-order valence-corrected chi connectivity index (χ3v) is 6.34. The highest BCUT2D eigenvalue weighted by Gasteiger charge is 2.46. The predicted octanol–water partition coefficient (Wildman–Crippen LogP) is 3.23. The zero-order valence-electron chi connectivity index (χ0n) is 17.2. The average molecular weight is 442 g/mol. The summed E-state index contributed by atoms with van der Waals surface area (Å²) >= 11 is 6.20. The third-order valence-electron chi connectivity index (χ3n) is 6.03. The van der Waals surface area contributed by atoms with E-state index in [4.69, 9.17) is 16.3 Å². The number of nitrogens with zero attached hydrogens (tertiary/aromatic N) is 1. The summed E-state index contributed by atoms with van der Waals surface area (Å²) in [5.74, 6) is -0.547. The Bertz CT molecular complexity index is 1030. The normalized spacial score (nSPS) is 17.2. The molecule has 0 spiro atoms. The van der Waals surface area contributed by atoms with Crippen molar-refractivity contribution >= 4 is 35.0 Å². The molecule has 2 N–H and O–H groups in total. The van der Waals surface area contributed by atoms with Gasteiger partial charge in [-0.15, -0.1) is 0 Å². The zero-order valence-corrected chi connectivity index (χ0v) is 18.0. The van der Waals surface area contributed by atoms with Crippen LogP contribution in [-0.4, -0.2) is 48.4 Å². The van der Waals surface area contributed by atoms with Crippen molar-refractivity contribution in [2.75, 3.05) is 25.6 Å². The molecule has 0 atom stereocenters. The number of ether oxygens (including phenoxy) is 1. The molecule has 2 heterocycles. The smallest absolute Gasteiger partial charge is 0.254 e. The Balaban J connectivity index is 1.52. The fourth-order valence-corrected chi connectivity index (χ4v) is 4.61. The van der Waals surface area contributed by atoms with E-state index in [9.17, 15) is 14.4 Å². The summed E-state index contributed by atoms with van der Waals surface area (Å²) in [6.07, 6.45) is 1.35. The number of nitrogens with one attached hydrogen (secondary N) is 2. The second-order valence-corrected chi connectivity index (χ2v) is 8.29. The van der Waals surface area contributed by atoms with Gasteiger partial charge in [-0.2, -0.15) is 0 Å². The van der Waals surface area contributed by atoms with Gasteiger partial charge < -0.3 is 20.3 Å². The van der Waals surface area contributed by atoms with E-state index in [1.54, 1.807) is 18.2 Å². The van der Waals surface area contributed by atoms with Crippen LogP contribution in [-0.2, 0) is 16.1 Å². The number of hydrogen-bond acceptors (Lipinski definition) is 4. The summed E-state index contributed by atoms with van der Waals surface area (Å²) in [7, 11) is 1.53. The van der Waals surface area contributed by atoms with Gasteiger partial charge in [0.25, 0.3) is 11.8 Å². The molecule has 0 unspecified atom stereocenters. The molecule has 2 aliphatic rings. The maximum absolute atomic E-state index is 13.1. The van der Waals surface area contributed by atoms with Crippen molar-refractivity contribution in [3.05, 3.63) is 64.2 Å². The van der Waals surface area contributed by atoms with E-state index in [0.29, 0.717) is 49.4 Å². The zero-order chi connectivity index (χ0) is 22.0. The van der Waals surface area contributed by atoms with Crippen LogP contribution >= 0.6 is 11.6 Å². The molecule has 8 heteroatoms. The number of carbonyl (C=O) groups is 3. The second kappa shape index (κ2) is 8.69. The number of benzene rings is 2. The summed E-state index contributed by atoms with van der Waals surface area (Å²) < 4.78 is 5.53. The molecule has 0 bridgehead atoms. The van der Waals surface area contributed by atoms with Crippen LogP contribution in [0.2, 0.25) is 5.02 Å². The van der Waals surface area contributed by atoms with E-state index in [0.717, 1.165) is 5.56 Å². The molecule has 4 rings (SSSR count). The summed E-state index contributed by atoms with van der Waals surface area (Å²) in [6.45, 7) is 1.50. The van der Waals surface area contributed by atoms with Crippen molar-refractivity contribution in [3.8, 4) is 0 Å². The minimum absolute atomic E-state index is 0.0386. The molecule has 3 amide bonds. The van der Waals surface area contributed by atoms with Gasteiger partial charge in [0, 0.05) is 38.1 Å². The molecule has 1 saturated heterocycles. The Morgan fingerprint density at radius 3 is 2.58 bits per heavy atom. The molecule has 2 aromatic rings. The summed E-state index contributed by atoms with van der Waals surface area (Å²) in [5, 5.41) is 5.64. The molecule has 2 aromatic carbocycles. The third kappa shape index (κ3) is 4.16. The van der Waals surface area contributed by atoms with Gasteiger partial charge in [0.15, 0.2) is 0 Å². The lowest BCUT2D eigenvalue weighted by Crippen LogP contribution is -2.54. The number of fused-ring (bicyclic) bond motifs is 1. The van der Waals surface area contributed by atoms with E-state index in [-0.39, 0.29) is 29.2 Å². The van der Waals surface area contributed by atoms with Gasteiger partial charge in [-0.3, -0.25) is 14.4 Å². The fourth-order valence-electron chi connectivity index (χ4n) is 4.35. The first kappa shape index (κ1) is 21.3. The number of halogens is 1. The maximum Gasteiger partial charge on any atom is 0.254 e. The van der Waals surface area contributed by atoms with Crippen LogP contribution in [0, 0.1) is 0 Å². The Hall–Kier alpha value is -2.90. The highest BCUT2D eigenvalue weighted by Crippen LogP contribution is 2.38. The number of hydrogen-bond donors (Lipinski definition) is 2. The molecule has 31 heavy (non-hydrogen) atoms. The lowest BCUT2D eigenvalue weighted by molar-refractivity contribution is -0.120. The molecular formula is C23H24ClN3O4. The second-order valence-electron chi connectivity index (χ2n) is 7.88. The van der Waals surface area contributed by atoms with E-state index >= 15 is 0 Å². The number of anilines is 1. The highest BCUT2D eigenvalue weighted by molar-refractivity contribution is 6.34. The molecule has 162 valence electrons. The molecule has 0 radical (unpaired) electrons. The Morgan fingerprint density at radius 1 is 1.16 bits per heavy atom. The molecule has 0 aromatic heterocycles. The standard InChI is InChI=1S/C23H24ClN3O4/c1-25-21(29)18-7-6-16(12-19(18)24)26-20(28)13-23(8-10-31-11-9-23)27-14-15-4-2-3-5-17(15)22(27)30/h2-7,12H,8-11,13-14H2,1H3,(H,25,29)(H,26,28). The van der Waals surface area contributed by atoms with Gasteiger partial charge in [-0.25, -0.2) is 0 Å². The summed E-state index contributed by atoms with van der Waals surface area (Å²) in [4.78, 5) is 39.8. The maximum atomic E-state index is 13.1. The SMILES string of the molecule is CNC(=O)c1ccc(NC(=O)CC2(N3Cc4ccccc4C3=O)CCOCC2)cc1Cl. The Labute approximate surface area is 185 Å². The molecule has 7 nitrogen and oxygen atoms in total. The molecule has 0 saturated carbocycles. The van der Waals surface area contributed by atoms with Crippen molar-refractivity contribution < 1.29 is 19.1 Å². The van der Waals surface area contributed by atoms with Crippen LogP contribution in [0.1, 0.15) is 45.5 Å². The quantitative estimate of drug-likeness (QED) is 0.745. The first-order chi connectivity index (χ1) is 14.9. The number of carbonyl (C=O) groups excluding carboxylic acids is 3. The molecule has 1 fully saturated rings. The minimum atomic E-state index is -0.607. The van der Waals surface area contributed by atoms with Crippen molar-refractivity contribution in [2.45, 2.75) is 31.3 Å². The van der Waals surface area contributed by atoms with Crippen LogP contribution in [0.3, 0.4) is 0 Å². The Morgan fingerprint density at radius 2 is 1.90 bits per heavy atom.